The van der Waals surface area contributed by atoms with Gasteiger partial charge in [0.05, 0.1) is 23.9 Å². The molecule has 0 unspecified atom stereocenters. The van der Waals surface area contributed by atoms with E-state index in [2.05, 4.69) is 22.3 Å². The van der Waals surface area contributed by atoms with Crippen LogP contribution in [0.3, 0.4) is 0 Å². The molecule has 0 aliphatic rings. The van der Waals surface area contributed by atoms with Crippen molar-refractivity contribution in [1.82, 2.24) is 4.98 Å². The summed E-state index contributed by atoms with van der Waals surface area (Å²) in [6.45, 7) is 0. The molecule has 1 heterocycles. The molecule has 3 rings (SSSR count). The van der Waals surface area contributed by atoms with E-state index >= 15 is 0 Å². The molecule has 3 aromatic rings. The van der Waals surface area contributed by atoms with Crippen LogP contribution < -0.4 is 10.1 Å². The average molecular weight is 299 g/mol. The minimum absolute atomic E-state index is 0.455. The van der Waals surface area contributed by atoms with Gasteiger partial charge in [0.15, 0.2) is 0 Å². The number of hydrogen-bond donors (Lipinski definition) is 1. The molecule has 0 aliphatic heterocycles. The lowest BCUT2D eigenvalue weighted by Crippen LogP contribution is -1.97. The van der Waals surface area contributed by atoms with Crippen LogP contribution in [0, 0.1) is 23.7 Å². The summed E-state index contributed by atoms with van der Waals surface area (Å²) < 4.78 is 5.27. The SMILES string of the molecule is C#Cc1cccc(Nc2c(C#N)cnc3ccc(OC)cc23)c1. The normalized spacial score (nSPS) is 9.87. The minimum atomic E-state index is 0.455. The third-order valence-corrected chi connectivity index (χ3v) is 3.49. The molecule has 0 fully saturated rings. The summed E-state index contributed by atoms with van der Waals surface area (Å²) in [6.07, 6.45) is 7.00. The quantitative estimate of drug-likeness (QED) is 0.746. The number of benzene rings is 2. The van der Waals surface area contributed by atoms with E-state index in [1.54, 1.807) is 13.3 Å². The molecule has 0 saturated heterocycles. The fraction of sp³-hybridized carbons (Fsp3) is 0.0526. The summed E-state index contributed by atoms with van der Waals surface area (Å²) in [6, 6.07) is 15.2. The molecule has 2 aromatic carbocycles. The molecule has 1 N–H and O–H groups in total. The van der Waals surface area contributed by atoms with E-state index in [1.807, 2.05) is 42.5 Å². The summed E-state index contributed by atoms with van der Waals surface area (Å²) >= 11 is 0. The second kappa shape index (κ2) is 6.09. The van der Waals surface area contributed by atoms with Crippen molar-refractivity contribution < 1.29 is 4.74 Å². The molecule has 0 saturated carbocycles. The Bertz CT molecular complexity index is 964. The zero-order valence-corrected chi connectivity index (χ0v) is 12.5. The molecule has 0 atom stereocenters. The van der Waals surface area contributed by atoms with Crippen molar-refractivity contribution in [3.05, 3.63) is 59.8 Å². The average Bonchev–Trinajstić information content (AvgIpc) is 2.61. The van der Waals surface area contributed by atoms with Crippen molar-refractivity contribution in [2.45, 2.75) is 0 Å². The molecule has 4 heteroatoms. The molecule has 1 aromatic heterocycles. The van der Waals surface area contributed by atoms with E-state index in [4.69, 9.17) is 11.2 Å². The lowest BCUT2D eigenvalue weighted by molar-refractivity contribution is 0.415. The maximum Gasteiger partial charge on any atom is 0.119 e. The number of rotatable bonds is 3. The number of hydrogen-bond acceptors (Lipinski definition) is 4. The first-order valence-electron chi connectivity index (χ1n) is 6.95. The van der Waals surface area contributed by atoms with Gasteiger partial charge in [-0.15, -0.1) is 6.42 Å². The molecular formula is C19H13N3O. The topological polar surface area (TPSA) is 57.9 Å². The Morgan fingerprint density at radius 3 is 2.83 bits per heavy atom. The summed E-state index contributed by atoms with van der Waals surface area (Å²) in [7, 11) is 1.60. The van der Waals surface area contributed by atoms with Gasteiger partial charge in [0, 0.05) is 22.8 Å². The Kier molecular flexibility index (Phi) is 3.82. The summed E-state index contributed by atoms with van der Waals surface area (Å²) in [5.74, 6) is 3.30. The number of aromatic nitrogens is 1. The predicted molar refractivity (Wildman–Crippen MR) is 90.7 cm³/mol. The van der Waals surface area contributed by atoms with Crippen LogP contribution in [0.5, 0.6) is 5.75 Å². The van der Waals surface area contributed by atoms with Crippen LogP contribution in [0.1, 0.15) is 11.1 Å². The van der Waals surface area contributed by atoms with E-state index in [-0.39, 0.29) is 0 Å². The van der Waals surface area contributed by atoms with E-state index in [9.17, 15) is 5.26 Å². The van der Waals surface area contributed by atoms with Crippen molar-refractivity contribution in [2.24, 2.45) is 0 Å². The van der Waals surface area contributed by atoms with Gasteiger partial charge >= 0.3 is 0 Å². The monoisotopic (exact) mass is 299 g/mol. The van der Waals surface area contributed by atoms with Crippen molar-refractivity contribution in [1.29, 1.82) is 5.26 Å². The molecule has 0 radical (unpaired) electrons. The first kappa shape index (κ1) is 14.4. The standard InChI is InChI=1S/C19H13N3O/c1-3-13-5-4-6-15(9-13)22-19-14(11-20)12-21-18-8-7-16(23-2)10-17(18)19/h1,4-10,12H,2H3,(H,21,22). The Hall–Kier alpha value is -3.50. The van der Waals surface area contributed by atoms with E-state index < -0.39 is 0 Å². The van der Waals surface area contributed by atoms with Gasteiger partial charge in [0.2, 0.25) is 0 Å². The van der Waals surface area contributed by atoms with Gasteiger partial charge in [-0.3, -0.25) is 4.98 Å². The highest BCUT2D eigenvalue weighted by Gasteiger charge is 2.10. The third-order valence-electron chi connectivity index (χ3n) is 3.49. The fourth-order valence-corrected chi connectivity index (χ4v) is 2.35. The number of fused-ring (bicyclic) bond motifs is 1. The largest absolute Gasteiger partial charge is 0.497 e. The summed E-state index contributed by atoms with van der Waals surface area (Å²) in [4.78, 5) is 4.31. The van der Waals surface area contributed by atoms with Crippen LogP contribution in [0.2, 0.25) is 0 Å². The molecule has 0 aliphatic carbocycles. The van der Waals surface area contributed by atoms with Crippen LogP contribution in [-0.2, 0) is 0 Å². The van der Waals surface area contributed by atoms with E-state index in [0.29, 0.717) is 17.0 Å². The second-order valence-corrected chi connectivity index (χ2v) is 4.89. The zero-order chi connectivity index (χ0) is 16.2. The highest BCUT2D eigenvalue weighted by molar-refractivity contribution is 5.96. The molecule has 0 bridgehead atoms. The number of pyridine rings is 1. The minimum Gasteiger partial charge on any atom is -0.497 e. The van der Waals surface area contributed by atoms with Crippen LogP contribution in [0.4, 0.5) is 11.4 Å². The van der Waals surface area contributed by atoms with Gasteiger partial charge in [0.1, 0.15) is 11.8 Å². The van der Waals surface area contributed by atoms with Crippen LogP contribution in [0.15, 0.2) is 48.7 Å². The second-order valence-electron chi connectivity index (χ2n) is 4.89. The van der Waals surface area contributed by atoms with Crippen LogP contribution in [-0.4, -0.2) is 12.1 Å². The number of methoxy groups -OCH3 is 1. The van der Waals surface area contributed by atoms with Gasteiger partial charge in [-0.25, -0.2) is 0 Å². The number of nitrogens with zero attached hydrogens (tertiary/aromatic N) is 2. The molecule has 110 valence electrons. The lowest BCUT2D eigenvalue weighted by atomic mass is 10.1. The third kappa shape index (κ3) is 2.79. The van der Waals surface area contributed by atoms with Crippen molar-refractivity contribution in [3.8, 4) is 24.2 Å². The van der Waals surface area contributed by atoms with Crippen molar-refractivity contribution >= 4 is 22.3 Å². The number of nitriles is 1. The van der Waals surface area contributed by atoms with Gasteiger partial charge in [0.25, 0.3) is 0 Å². The van der Waals surface area contributed by atoms with Gasteiger partial charge < -0.3 is 10.1 Å². The van der Waals surface area contributed by atoms with E-state index in [1.165, 1.54) is 0 Å². The number of ether oxygens (including phenoxy) is 1. The molecule has 0 amide bonds. The highest BCUT2D eigenvalue weighted by atomic mass is 16.5. The van der Waals surface area contributed by atoms with Gasteiger partial charge in [-0.05, 0) is 36.4 Å². The number of nitrogens with one attached hydrogen (secondary N) is 1. The Morgan fingerprint density at radius 1 is 1.22 bits per heavy atom. The lowest BCUT2D eigenvalue weighted by Gasteiger charge is -2.12. The Labute approximate surface area is 134 Å². The van der Waals surface area contributed by atoms with E-state index in [0.717, 1.165) is 22.2 Å². The van der Waals surface area contributed by atoms with Gasteiger partial charge in [-0.1, -0.05) is 12.0 Å². The molecule has 4 nitrogen and oxygen atoms in total. The number of terminal acetylenes is 1. The Morgan fingerprint density at radius 2 is 2.09 bits per heavy atom. The molecule has 0 spiro atoms. The smallest absolute Gasteiger partial charge is 0.119 e. The first-order chi connectivity index (χ1) is 11.2. The molecular weight excluding hydrogens is 286 g/mol. The highest BCUT2D eigenvalue weighted by Crippen LogP contribution is 2.31. The van der Waals surface area contributed by atoms with Crippen molar-refractivity contribution in [2.75, 3.05) is 12.4 Å². The van der Waals surface area contributed by atoms with Crippen LogP contribution in [0.25, 0.3) is 10.9 Å². The molecule has 23 heavy (non-hydrogen) atoms. The van der Waals surface area contributed by atoms with Gasteiger partial charge in [-0.2, -0.15) is 5.26 Å². The van der Waals surface area contributed by atoms with Crippen molar-refractivity contribution in [3.63, 3.8) is 0 Å². The fourth-order valence-electron chi connectivity index (χ4n) is 2.35. The first-order valence-corrected chi connectivity index (χ1v) is 6.95. The maximum absolute atomic E-state index is 9.39. The Balaban J connectivity index is 2.17. The summed E-state index contributed by atoms with van der Waals surface area (Å²) in [5, 5.41) is 13.5. The number of anilines is 2. The predicted octanol–water partition coefficient (Wildman–Crippen LogP) is 3.84. The maximum atomic E-state index is 9.39. The zero-order valence-electron chi connectivity index (χ0n) is 12.5. The summed E-state index contributed by atoms with van der Waals surface area (Å²) in [5.41, 5.74) is 3.50. The van der Waals surface area contributed by atoms with Crippen LogP contribution >= 0.6 is 0 Å².